The second kappa shape index (κ2) is 9.47. The second-order valence-corrected chi connectivity index (χ2v) is 7.53. The minimum atomic E-state index is -0.534. The van der Waals surface area contributed by atoms with E-state index in [0.717, 1.165) is 5.56 Å². The van der Waals surface area contributed by atoms with Crippen molar-refractivity contribution in [2.24, 2.45) is 5.92 Å². The Morgan fingerprint density at radius 3 is 2.30 bits per heavy atom. The zero-order valence-electron chi connectivity index (χ0n) is 17.7. The first-order valence-electron chi connectivity index (χ1n) is 9.73. The normalized spacial score (nSPS) is 19.8. The summed E-state index contributed by atoms with van der Waals surface area (Å²) in [6.45, 7) is 4.03. The van der Waals surface area contributed by atoms with Crippen molar-refractivity contribution in [2.75, 3.05) is 33.7 Å². The lowest BCUT2D eigenvalue weighted by Crippen LogP contribution is -2.09. The van der Waals surface area contributed by atoms with Crippen LogP contribution in [0.1, 0.15) is 47.4 Å². The first kappa shape index (κ1) is 22.1. The van der Waals surface area contributed by atoms with Crippen LogP contribution in [0.3, 0.4) is 0 Å². The van der Waals surface area contributed by atoms with Gasteiger partial charge in [0.1, 0.15) is 0 Å². The molecular formula is C22H26O7S. The molecule has 1 aromatic carbocycles. The molecule has 0 amide bonds. The number of rotatable bonds is 9. The van der Waals surface area contributed by atoms with Crippen LogP contribution in [0.4, 0.5) is 0 Å². The molecule has 3 unspecified atom stereocenters. The number of furan rings is 1. The van der Waals surface area contributed by atoms with Crippen molar-refractivity contribution in [2.45, 2.75) is 30.8 Å². The van der Waals surface area contributed by atoms with E-state index in [-0.39, 0.29) is 36.8 Å². The molecule has 162 valence electrons. The first-order chi connectivity index (χ1) is 14.5. The molecule has 3 rings (SSSR count). The van der Waals surface area contributed by atoms with Crippen LogP contribution in [0, 0.1) is 5.92 Å². The number of hydrogen-bond acceptors (Lipinski definition) is 8. The zero-order chi connectivity index (χ0) is 21.8. The molecule has 1 aliphatic rings. The number of esters is 2. The molecule has 30 heavy (non-hydrogen) atoms. The van der Waals surface area contributed by atoms with E-state index >= 15 is 0 Å². The summed E-state index contributed by atoms with van der Waals surface area (Å²) < 4.78 is 26.9. The maximum atomic E-state index is 12.7. The van der Waals surface area contributed by atoms with Gasteiger partial charge in [0.15, 0.2) is 16.6 Å². The lowest BCUT2D eigenvalue weighted by atomic mass is 10.0. The third kappa shape index (κ3) is 4.14. The van der Waals surface area contributed by atoms with Gasteiger partial charge in [-0.15, -0.1) is 0 Å². The minimum absolute atomic E-state index is 0.142. The molecule has 1 saturated carbocycles. The third-order valence-corrected chi connectivity index (χ3v) is 5.73. The number of thioether (sulfide) groups is 1. The van der Waals surface area contributed by atoms with E-state index in [1.807, 2.05) is 24.5 Å². The maximum Gasteiger partial charge on any atom is 0.374 e. The smallest absolute Gasteiger partial charge is 0.374 e. The molecule has 1 aromatic heterocycles. The molecule has 0 N–H and O–H groups in total. The van der Waals surface area contributed by atoms with Gasteiger partial charge in [-0.3, -0.25) is 4.79 Å². The van der Waals surface area contributed by atoms with Gasteiger partial charge in [-0.2, -0.15) is 0 Å². The number of ether oxygens (including phenoxy) is 4. The van der Waals surface area contributed by atoms with Crippen molar-refractivity contribution >= 4 is 23.7 Å². The molecule has 8 heteroatoms. The van der Waals surface area contributed by atoms with Crippen LogP contribution in [0.5, 0.6) is 11.5 Å². The average molecular weight is 435 g/mol. The average Bonchev–Trinajstić information content (AvgIpc) is 3.35. The van der Waals surface area contributed by atoms with Crippen LogP contribution in [-0.4, -0.2) is 45.6 Å². The number of benzene rings is 1. The lowest BCUT2D eigenvalue weighted by molar-refractivity contribution is -0.144. The van der Waals surface area contributed by atoms with Crippen LogP contribution in [0.15, 0.2) is 33.8 Å². The molecule has 0 saturated heterocycles. The molecule has 2 aromatic rings. The summed E-state index contributed by atoms with van der Waals surface area (Å²) in [7, 11) is 3.13. The van der Waals surface area contributed by atoms with Crippen molar-refractivity contribution in [1.82, 2.24) is 0 Å². The van der Waals surface area contributed by atoms with E-state index < -0.39 is 11.9 Å². The van der Waals surface area contributed by atoms with E-state index in [0.29, 0.717) is 22.2 Å². The highest BCUT2D eigenvalue weighted by atomic mass is 32.2. The van der Waals surface area contributed by atoms with Crippen LogP contribution in [-0.2, 0) is 14.3 Å². The van der Waals surface area contributed by atoms with Crippen molar-refractivity contribution in [3.05, 3.63) is 41.2 Å². The second-order valence-electron chi connectivity index (χ2n) is 6.72. The summed E-state index contributed by atoms with van der Waals surface area (Å²) in [6, 6.07) is 7.38. The van der Waals surface area contributed by atoms with Crippen molar-refractivity contribution in [3.8, 4) is 11.5 Å². The molecule has 0 radical (unpaired) electrons. The fourth-order valence-electron chi connectivity index (χ4n) is 3.79. The molecule has 1 heterocycles. The van der Waals surface area contributed by atoms with Crippen LogP contribution < -0.4 is 9.47 Å². The highest BCUT2D eigenvalue weighted by molar-refractivity contribution is 7.98. The zero-order valence-corrected chi connectivity index (χ0v) is 18.5. The summed E-state index contributed by atoms with van der Waals surface area (Å²) in [5.74, 6) is -0.378. The van der Waals surface area contributed by atoms with E-state index in [2.05, 4.69) is 0 Å². The van der Waals surface area contributed by atoms with E-state index in [9.17, 15) is 9.59 Å². The van der Waals surface area contributed by atoms with E-state index in [1.165, 1.54) is 11.8 Å². The van der Waals surface area contributed by atoms with Gasteiger partial charge in [-0.1, -0.05) is 17.8 Å². The molecule has 3 atom stereocenters. The Balaban J connectivity index is 2.03. The third-order valence-electron chi connectivity index (χ3n) is 5.13. The van der Waals surface area contributed by atoms with Gasteiger partial charge >= 0.3 is 11.9 Å². The SMILES string of the molecule is CCOC(=O)c1oc(SC)cc1C1C(C(=O)OCC)C1c1ccc(OC)c(OC)c1. The topological polar surface area (TPSA) is 84.2 Å². The monoisotopic (exact) mass is 434 g/mol. The quantitative estimate of drug-likeness (QED) is 0.428. The predicted octanol–water partition coefficient (Wildman–Crippen LogP) is 4.26. The van der Waals surface area contributed by atoms with Crippen molar-refractivity contribution in [1.29, 1.82) is 0 Å². The lowest BCUT2D eigenvalue weighted by Gasteiger charge is -2.09. The summed E-state index contributed by atoms with van der Waals surface area (Å²) in [5.41, 5.74) is 1.56. The summed E-state index contributed by atoms with van der Waals surface area (Å²) in [6.07, 6.45) is 1.86. The van der Waals surface area contributed by atoms with Gasteiger partial charge in [0, 0.05) is 17.4 Å². The fourth-order valence-corrected chi connectivity index (χ4v) is 4.20. The Morgan fingerprint density at radius 2 is 1.70 bits per heavy atom. The summed E-state index contributed by atoms with van der Waals surface area (Å²) >= 11 is 1.39. The standard InChI is InChI=1S/C22H26O7S/c1-6-27-21(23)19-17(12-8-9-14(25-3)15(10-12)26-4)18(19)13-11-16(30-5)29-20(13)22(24)28-7-2/h8-11,17-19H,6-7H2,1-5H3. The first-order valence-corrected chi connectivity index (χ1v) is 11.0. The van der Waals surface area contributed by atoms with Gasteiger partial charge in [0.25, 0.3) is 0 Å². The van der Waals surface area contributed by atoms with Gasteiger partial charge in [-0.05, 0) is 43.9 Å². The van der Waals surface area contributed by atoms with Crippen LogP contribution >= 0.6 is 11.8 Å². The largest absolute Gasteiger partial charge is 0.493 e. The van der Waals surface area contributed by atoms with Crippen molar-refractivity contribution < 1.29 is 33.0 Å². The minimum Gasteiger partial charge on any atom is -0.493 e. The summed E-state index contributed by atoms with van der Waals surface area (Å²) in [5, 5.41) is 0.591. The van der Waals surface area contributed by atoms with Gasteiger partial charge in [0.2, 0.25) is 5.76 Å². The van der Waals surface area contributed by atoms with Crippen LogP contribution in [0.25, 0.3) is 0 Å². The van der Waals surface area contributed by atoms with Gasteiger partial charge in [-0.25, -0.2) is 4.79 Å². The van der Waals surface area contributed by atoms with Gasteiger partial charge < -0.3 is 23.4 Å². The maximum absolute atomic E-state index is 12.7. The fraction of sp³-hybridized carbons (Fsp3) is 0.455. The Hall–Kier alpha value is -2.61. The molecule has 7 nitrogen and oxygen atoms in total. The van der Waals surface area contributed by atoms with E-state index in [1.54, 1.807) is 34.1 Å². The molecule has 0 aliphatic heterocycles. The Morgan fingerprint density at radius 1 is 1.00 bits per heavy atom. The van der Waals surface area contributed by atoms with E-state index in [4.69, 9.17) is 23.4 Å². The highest BCUT2D eigenvalue weighted by Crippen LogP contribution is 2.62. The van der Waals surface area contributed by atoms with Crippen molar-refractivity contribution in [3.63, 3.8) is 0 Å². The predicted molar refractivity (Wildman–Crippen MR) is 112 cm³/mol. The molecule has 0 bridgehead atoms. The molecular weight excluding hydrogens is 408 g/mol. The molecule has 1 fully saturated rings. The Labute approximate surface area is 180 Å². The van der Waals surface area contributed by atoms with Gasteiger partial charge in [0.05, 0.1) is 33.4 Å². The van der Waals surface area contributed by atoms with Crippen LogP contribution in [0.2, 0.25) is 0 Å². The molecule has 0 spiro atoms. The number of carbonyl (C=O) groups is 2. The Kier molecular flexibility index (Phi) is 6.97. The summed E-state index contributed by atoms with van der Waals surface area (Å²) in [4.78, 5) is 25.2. The number of methoxy groups -OCH3 is 2. The molecule has 1 aliphatic carbocycles. The highest BCUT2D eigenvalue weighted by Gasteiger charge is 2.59. The number of hydrogen-bond donors (Lipinski definition) is 0. The Bertz CT molecular complexity index is 920. The number of carbonyl (C=O) groups excluding carboxylic acids is 2.